The van der Waals surface area contributed by atoms with E-state index in [1.54, 1.807) is 0 Å². The molecule has 2 N–H and O–H groups in total. The van der Waals surface area contributed by atoms with Gasteiger partial charge in [0, 0.05) is 33.8 Å². The Morgan fingerprint density at radius 2 is 1.50 bits per heavy atom. The van der Waals surface area contributed by atoms with Crippen LogP contribution < -0.4 is 5.32 Å². The first-order valence-corrected chi connectivity index (χ1v) is 10.5. The van der Waals surface area contributed by atoms with E-state index in [1.165, 1.54) is 0 Å². The fourth-order valence-corrected chi connectivity index (χ4v) is 4.13. The average molecular weight is 418 g/mol. The van der Waals surface area contributed by atoms with Crippen LogP contribution in [0.25, 0.3) is 22.8 Å². The second-order valence-electron chi connectivity index (χ2n) is 8.09. The summed E-state index contributed by atoms with van der Waals surface area (Å²) < 4.78 is 0. The quantitative estimate of drug-likeness (QED) is 0.314. The van der Waals surface area contributed by atoms with Gasteiger partial charge in [0.1, 0.15) is 0 Å². The number of aromatic amines is 1. The van der Waals surface area contributed by atoms with Crippen LogP contribution in [0.5, 0.6) is 0 Å². The molecule has 1 amide bonds. The molecule has 0 fully saturated rings. The highest BCUT2D eigenvalue weighted by Crippen LogP contribution is 2.36. The molecule has 0 bridgehead atoms. The largest absolute Gasteiger partial charge is 0.359 e. The van der Waals surface area contributed by atoms with Gasteiger partial charge in [-0.25, -0.2) is 0 Å². The average Bonchev–Trinajstić information content (AvgIpc) is 3.30. The summed E-state index contributed by atoms with van der Waals surface area (Å²) in [6.45, 7) is 4.03. The van der Waals surface area contributed by atoms with E-state index >= 15 is 0 Å². The molecule has 2 heterocycles. The predicted molar refractivity (Wildman–Crippen MR) is 129 cm³/mol. The lowest BCUT2D eigenvalue weighted by Crippen LogP contribution is -2.03. The number of carbonyl (C=O) groups excluding carboxylic acids is 2. The first-order chi connectivity index (χ1) is 15.5. The molecule has 0 radical (unpaired) electrons. The number of carbonyl (C=O) groups is 2. The van der Waals surface area contributed by atoms with Gasteiger partial charge < -0.3 is 10.3 Å². The number of H-pyrrole nitrogens is 1. The van der Waals surface area contributed by atoms with Crippen LogP contribution in [0.4, 0.5) is 5.69 Å². The van der Waals surface area contributed by atoms with Crippen LogP contribution in [-0.4, -0.2) is 16.7 Å². The van der Waals surface area contributed by atoms with Crippen LogP contribution in [0.3, 0.4) is 0 Å². The number of ketones is 1. The Labute approximate surface area is 186 Å². The van der Waals surface area contributed by atoms with E-state index in [-0.39, 0.29) is 11.7 Å². The van der Waals surface area contributed by atoms with E-state index in [4.69, 9.17) is 0 Å². The molecular weight excluding hydrogens is 396 g/mol. The van der Waals surface area contributed by atoms with Crippen molar-refractivity contribution >= 4 is 29.0 Å². The van der Waals surface area contributed by atoms with Gasteiger partial charge in [-0.05, 0) is 54.8 Å². The fourth-order valence-electron chi connectivity index (χ4n) is 4.13. The summed E-state index contributed by atoms with van der Waals surface area (Å²) in [5, 5.41) is 2.95. The molecule has 5 rings (SSSR count). The monoisotopic (exact) mass is 418 g/mol. The lowest BCUT2D eigenvalue weighted by atomic mass is 9.96. The van der Waals surface area contributed by atoms with Crippen LogP contribution >= 0.6 is 0 Å². The Kier molecular flexibility index (Phi) is 4.83. The third-order valence-corrected chi connectivity index (χ3v) is 5.80. The molecule has 4 heteroatoms. The molecule has 0 saturated carbocycles. The van der Waals surface area contributed by atoms with Crippen molar-refractivity contribution in [2.24, 2.45) is 0 Å². The Morgan fingerprint density at radius 3 is 2.19 bits per heavy atom. The topological polar surface area (TPSA) is 62.0 Å². The summed E-state index contributed by atoms with van der Waals surface area (Å²) in [6, 6.07) is 24.9. The smallest absolute Gasteiger partial charge is 0.256 e. The molecule has 1 aromatic heterocycles. The van der Waals surface area contributed by atoms with Crippen molar-refractivity contribution in [3.63, 3.8) is 0 Å². The highest BCUT2D eigenvalue weighted by Gasteiger charge is 2.25. The zero-order chi connectivity index (χ0) is 22.2. The molecule has 4 nitrogen and oxygen atoms in total. The molecule has 32 heavy (non-hydrogen) atoms. The maximum absolute atomic E-state index is 12.7. The molecule has 4 aromatic rings. The summed E-state index contributed by atoms with van der Waals surface area (Å²) >= 11 is 0. The number of benzene rings is 3. The Hall–Kier alpha value is -4.18. The second kappa shape index (κ2) is 7.82. The van der Waals surface area contributed by atoms with Gasteiger partial charge >= 0.3 is 0 Å². The number of aryl methyl sites for hydroxylation is 2. The van der Waals surface area contributed by atoms with E-state index in [0.717, 1.165) is 39.3 Å². The van der Waals surface area contributed by atoms with Crippen LogP contribution in [0.15, 0.2) is 78.9 Å². The third-order valence-electron chi connectivity index (χ3n) is 5.80. The maximum Gasteiger partial charge on any atom is 0.256 e. The molecular formula is C28H22N2O2. The Morgan fingerprint density at radius 1 is 0.812 bits per heavy atom. The van der Waals surface area contributed by atoms with Crippen molar-refractivity contribution in [2.75, 3.05) is 5.32 Å². The Balaban J connectivity index is 1.48. The van der Waals surface area contributed by atoms with Crippen LogP contribution in [0.1, 0.15) is 38.4 Å². The third kappa shape index (κ3) is 3.56. The number of aromatic nitrogens is 1. The molecule has 0 saturated heterocycles. The van der Waals surface area contributed by atoms with Crippen LogP contribution in [0, 0.1) is 13.8 Å². The number of anilines is 1. The highest BCUT2D eigenvalue weighted by atomic mass is 16.2. The van der Waals surface area contributed by atoms with Gasteiger partial charge in [0.15, 0.2) is 5.78 Å². The van der Waals surface area contributed by atoms with Gasteiger partial charge in [-0.2, -0.15) is 0 Å². The fraction of sp³-hybridized carbons (Fsp3) is 0.0714. The molecule has 0 aliphatic carbocycles. The molecule has 0 atom stereocenters. The van der Waals surface area contributed by atoms with Crippen molar-refractivity contribution in [3.05, 3.63) is 113 Å². The van der Waals surface area contributed by atoms with Crippen molar-refractivity contribution in [1.29, 1.82) is 0 Å². The van der Waals surface area contributed by atoms with Crippen molar-refractivity contribution < 1.29 is 9.59 Å². The standard InChI is InChI=1S/C28H22N2O2/c1-17-14-18(2)29-26(17)16-24-23-15-22(12-13-25(23)30-28(24)32)19-8-10-21(11-9-19)27(31)20-6-4-3-5-7-20/h3-16,29H,1-2H3,(H,30,32)/b24-16-. The number of amides is 1. The van der Waals surface area contributed by atoms with E-state index in [9.17, 15) is 9.59 Å². The zero-order valence-electron chi connectivity index (χ0n) is 17.9. The summed E-state index contributed by atoms with van der Waals surface area (Å²) in [5.74, 6) is -0.102. The highest BCUT2D eigenvalue weighted by molar-refractivity contribution is 6.35. The summed E-state index contributed by atoms with van der Waals surface area (Å²) in [5.41, 5.74) is 8.73. The maximum atomic E-state index is 12.7. The number of nitrogens with one attached hydrogen (secondary N) is 2. The van der Waals surface area contributed by atoms with Crippen molar-refractivity contribution in [1.82, 2.24) is 4.98 Å². The first-order valence-electron chi connectivity index (χ1n) is 10.5. The number of rotatable bonds is 4. The van der Waals surface area contributed by atoms with E-state index in [1.807, 2.05) is 92.7 Å². The minimum absolute atomic E-state index is 0.00253. The SMILES string of the molecule is Cc1cc(C)c(/C=C2\C(=O)Nc3ccc(-c4ccc(C(=O)c5ccccc5)cc4)cc32)[nH]1. The van der Waals surface area contributed by atoms with Crippen LogP contribution in [0.2, 0.25) is 0 Å². The lowest BCUT2D eigenvalue weighted by molar-refractivity contribution is -0.110. The molecule has 156 valence electrons. The molecule has 0 spiro atoms. The number of hydrogen-bond acceptors (Lipinski definition) is 2. The second-order valence-corrected chi connectivity index (χ2v) is 8.09. The van der Waals surface area contributed by atoms with E-state index in [2.05, 4.69) is 16.4 Å². The summed E-state index contributed by atoms with van der Waals surface area (Å²) in [4.78, 5) is 28.6. The first kappa shape index (κ1) is 19.8. The van der Waals surface area contributed by atoms with Gasteiger partial charge in [0.25, 0.3) is 5.91 Å². The van der Waals surface area contributed by atoms with Gasteiger partial charge in [0.2, 0.25) is 0 Å². The predicted octanol–water partition coefficient (Wildman–Crippen LogP) is 6.02. The summed E-state index contributed by atoms with van der Waals surface area (Å²) in [6.07, 6.45) is 1.91. The number of hydrogen-bond donors (Lipinski definition) is 2. The van der Waals surface area contributed by atoms with Gasteiger partial charge in [-0.1, -0.05) is 60.7 Å². The zero-order valence-corrected chi connectivity index (χ0v) is 17.9. The number of fused-ring (bicyclic) bond motifs is 1. The Bertz CT molecular complexity index is 1380. The van der Waals surface area contributed by atoms with Gasteiger partial charge in [-0.15, -0.1) is 0 Å². The van der Waals surface area contributed by atoms with Crippen molar-refractivity contribution in [2.45, 2.75) is 13.8 Å². The minimum Gasteiger partial charge on any atom is -0.359 e. The van der Waals surface area contributed by atoms with Crippen LogP contribution in [-0.2, 0) is 4.79 Å². The van der Waals surface area contributed by atoms with E-state index in [0.29, 0.717) is 16.7 Å². The normalized spacial score (nSPS) is 13.8. The van der Waals surface area contributed by atoms with Crippen molar-refractivity contribution in [3.8, 4) is 11.1 Å². The molecule has 3 aromatic carbocycles. The van der Waals surface area contributed by atoms with E-state index < -0.39 is 0 Å². The summed E-state index contributed by atoms with van der Waals surface area (Å²) in [7, 11) is 0. The molecule has 1 aliphatic rings. The minimum atomic E-state index is -0.104. The lowest BCUT2D eigenvalue weighted by Gasteiger charge is -2.07. The molecule has 0 unspecified atom stereocenters. The van der Waals surface area contributed by atoms with Gasteiger partial charge in [-0.3, -0.25) is 9.59 Å². The molecule has 1 aliphatic heterocycles. The van der Waals surface area contributed by atoms with Gasteiger partial charge in [0.05, 0.1) is 5.57 Å².